The third kappa shape index (κ3) is 3.83. The van der Waals surface area contributed by atoms with E-state index in [9.17, 15) is 13.2 Å². The van der Waals surface area contributed by atoms with Crippen molar-refractivity contribution in [1.29, 1.82) is 0 Å². The lowest BCUT2D eigenvalue weighted by molar-refractivity contribution is 0.0982. The molecule has 1 amide bonds. The van der Waals surface area contributed by atoms with E-state index in [1.165, 1.54) is 25.2 Å². The molecule has 1 aliphatic heterocycles. The van der Waals surface area contributed by atoms with Crippen molar-refractivity contribution in [2.24, 2.45) is 0 Å². The van der Waals surface area contributed by atoms with Gasteiger partial charge >= 0.3 is 0 Å². The average Bonchev–Trinajstić information content (AvgIpc) is 3.01. The van der Waals surface area contributed by atoms with Gasteiger partial charge in [0.2, 0.25) is 0 Å². The molecule has 0 saturated heterocycles. The predicted octanol–water partition coefficient (Wildman–Crippen LogP) is 2.97. The standard InChI is InChI=1S/C20H21NO5S/c1-14-6-4-5-7-17(14)20(22)21(15-10-11-27(23,24)13-15)18-9-8-16(25-2)12-19(18)26-3/h4-12,15H,13H2,1-3H3/t15-/m0/s1. The average molecular weight is 387 g/mol. The fraction of sp³-hybridized carbons (Fsp3) is 0.250. The number of anilines is 1. The molecular formula is C20H21NO5S. The Morgan fingerprint density at radius 2 is 1.85 bits per heavy atom. The highest BCUT2D eigenvalue weighted by atomic mass is 32.2. The van der Waals surface area contributed by atoms with E-state index in [4.69, 9.17) is 9.47 Å². The van der Waals surface area contributed by atoms with Crippen molar-refractivity contribution in [2.75, 3.05) is 24.9 Å². The molecule has 0 spiro atoms. The molecule has 0 saturated carbocycles. The van der Waals surface area contributed by atoms with Crippen molar-refractivity contribution < 1.29 is 22.7 Å². The Morgan fingerprint density at radius 3 is 2.44 bits per heavy atom. The largest absolute Gasteiger partial charge is 0.497 e. The molecule has 0 aromatic heterocycles. The third-order valence-corrected chi connectivity index (χ3v) is 5.86. The molecule has 1 heterocycles. The lowest BCUT2D eigenvalue weighted by Gasteiger charge is -2.29. The van der Waals surface area contributed by atoms with Gasteiger partial charge in [-0.2, -0.15) is 0 Å². The minimum absolute atomic E-state index is 0.167. The minimum Gasteiger partial charge on any atom is -0.497 e. The fourth-order valence-electron chi connectivity index (χ4n) is 3.09. The smallest absolute Gasteiger partial charge is 0.259 e. The number of hydrogen-bond donors (Lipinski definition) is 0. The topological polar surface area (TPSA) is 72.9 Å². The number of benzene rings is 2. The summed E-state index contributed by atoms with van der Waals surface area (Å²) in [6, 6.07) is 11.7. The summed E-state index contributed by atoms with van der Waals surface area (Å²) in [5.74, 6) is 0.547. The Labute approximate surface area is 158 Å². The molecule has 27 heavy (non-hydrogen) atoms. The van der Waals surface area contributed by atoms with Gasteiger partial charge in [0.25, 0.3) is 5.91 Å². The number of nitrogens with zero attached hydrogens (tertiary/aromatic N) is 1. The Bertz CT molecular complexity index is 997. The highest BCUT2D eigenvalue weighted by Gasteiger charge is 2.34. The van der Waals surface area contributed by atoms with Crippen LogP contribution in [0.25, 0.3) is 0 Å². The molecule has 6 nitrogen and oxygen atoms in total. The zero-order valence-corrected chi connectivity index (χ0v) is 16.2. The van der Waals surface area contributed by atoms with E-state index in [-0.39, 0.29) is 11.7 Å². The van der Waals surface area contributed by atoms with Gasteiger partial charge in [-0.15, -0.1) is 0 Å². The monoisotopic (exact) mass is 387 g/mol. The molecule has 1 atom stereocenters. The third-order valence-electron chi connectivity index (χ3n) is 4.48. The first-order valence-electron chi connectivity index (χ1n) is 8.38. The van der Waals surface area contributed by atoms with Crippen LogP contribution in [0.15, 0.2) is 53.9 Å². The van der Waals surface area contributed by atoms with Gasteiger partial charge in [-0.3, -0.25) is 9.69 Å². The molecule has 0 bridgehead atoms. The number of hydrogen-bond acceptors (Lipinski definition) is 5. The van der Waals surface area contributed by atoms with Crippen molar-refractivity contribution in [3.63, 3.8) is 0 Å². The Hall–Kier alpha value is -2.80. The maximum absolute atomic E-state index is 13.4. The number of amides is 1. The van der Waals surface area contributed by atoms with Gasteiger partial charge in [-0.25, -0.2) is 8.42 Å². The summed E-state index contributed by atoms with van der Waals surface area (Å²) in [7, 11) is -0.312. The van der Waals surface area contributed by atoms with Gasteiger partial charge in [0, 0.05) is 17.0 Å². The fourth-order valence-corrected chi connectivity index (χ4v) is 4.35. The number of ether oxygens (including phenoxy) is 2. The molecule has 1 aliphatic rings. The molecule has 142 valence electrons. The lowest BCUT2D eigenvalue weighted by atomic mass is 10.1. The summed E-state index contributed by atoms with van der Waals surface area (Å²) >= 11 is 0. The van der Waals surface area contributed by atoms with E-state index in [1.807, 2.05) is 19.1 Å². The van der Waals surface area contributed by atoms with Crippen LogP contribution in [0.5, 0.6) is 11.5 Å². The molecule has 2 aromatic carbocycles. The Balaban J connectivity index is 2.13. The molecule has 0 fully saturated rings. The number of methoxy groups -OCH3 is 2. The first kappa shape index (κ1) is 19.0. The lowest BCUT2D eigenvalue weighted by Crippen LogP contribution is -2.41. The Kier molecular flexibility index (Phi) is 5.23. The molecule has 0 unspecified atom stereocenters. The number of sulfone groups is 1. The van der Waals surface area contributed by atoms with Crippen LogP contribution in [0.4, 0.5) is 5.69 Å². The summed E-state index contributed by atoms with van der Waals surface area (Å²) in [4.78, 5) is 14.9. The molecule has 0 N–H and O–H groups in total. The van der Waals surface area contributed by atoms with E-state index < -0.39 is 15.9 Å². The summed E-state index contributed by atoms with van der Waals surface area (Å²) in [5, 5.41) is 1.16. The molecule has 3 rings (SSSR count). The molecule has 0 aliphatic carbocycles. The van der Waals surface area contributed by atoms with Crippen LogP contribution < -0.4 is 14.4 Å². The van der Waals surface area contributed by atoms with Crippen LogP contribution in [0.2, 0.25) is 0 Å². The van der Waals surface area contributed by atoms with Crippen LogP contribution in [0.1, 0.15) is 15.9 Å². The van der Waals surface area contributed by atoms with Crippen LogP contribution >= 0.6 is 0 Å². The van der Waals surface area contributed by atoms with Crippen LogP contribution in [-0.2, 0) is 9.84 Å². The second-order valence-electron chi connectivity index (χ2n) is 6.25. The van der Waals surface area contributed by atoms with Crippen molar-refractivity contribution in [3.05, 3.63) is 65.1 Å². The second-order valence-corrected chi connectivity index (χ2v) is 8.18. The summed E-state index contributed by atoms with van der Waals surface area (Å²) in [6.45, 7) is 1.85. The number of aryl methyl sites for hydroxylation is 1. The molecule has 0 radical (unpaired) electrons. The van der Waals surface area contributed by atoms with Crippen molar-refractivity contribution in [3.8, 4) is 11.5 Å². The number of carbonyl (C=O) groups is 1. The zero-order chi connectivity index (χ0) is 19.6. The van der Waals surface area contributed by atoms with E-state index in [2.05, 4.69) is 0 Å². The van der Waals surface area contributed by atoms with Crippen LogP contribution in [0.3, 0.4) is 0 Å². The number of rotatable bonds is 5. The maximum atomic E-state index is 13.4. The van der Waals surface area contributed by atoms with E-state index in [1.54, 1.807) is 30.3 Å². The molecule has 2 aromatic rings. The number of carbonyl (C=O) groups excluding carboxylic acids is 1. The van der Waals surface area contributed by atoms with Gasteiger partial charge in [-0.05, 0) is 36.8 Å². The minimum atomic E-state index is -3.35. The maximum Gasteiger partial charge on any atom is 0.259 e. The quantitative estimate of drug-likeness (QED) is 0.789. The van der Waals surface area contributed by atoms with Gasteiger partial charge < -0.3 is 9.47 Å². The summed E-state index contributed by atoms with van der Waals surface area (Å²) in [5.41, 5.74) is 1.80. The van der Waals surface area contributed by atoms with Crippen molar-refractivity contribution in [2.45, 2.75) is 13.0 Å². The summed E-state index contributed by atoms with van der Waals surface area (Å²) in [6.07, 6.45) is 1.54. The van der Waals surface area contributed by atoms with Gasteiger partial charge in [0.15, 0.2) is 9.84 Å². The second kappa shape index (κ2) is 7.44. The van der Waals surface area contributed by atoms with Crippen molar-refractivity contribution >= 4 is 21.4 Å². The normalized spacial score (nSPS) is 17.5. The van der Waals surface area contributed by atoms with Crippen LogP contribution in [-0.4, -0.2) is 40.3 Å². The zero-order valence-electron chi connectivity index (χ0n) is 15.4. The SMILES string of the molecule is COc1ccc(N(C(=O)c2ccccc2C)[C@H]2C=CS(=O)(=O)C2)c(OC)c1. The van der Waals surface area contributed by atoms with Crippen molar-refractivity contribution in [1.82, 2.24) is 0 Å². The van der Waals surface area contributed by atoms with Gasteiger partial charge in [0.05, 0.1) is 31.7 Å². The predicted molar refractivity (Wildman–Crippen MR) is 104 cm³/mol. The van der Waals surface area contributed by atoms with E-state index in [0.717, 1.165) is 11.0 Å². The molecular weight excluding hydrogens is 366 g/mol. The first-order chi connectivity index (χ1) is 12.9. The van der Waals surface area contributed by atoms with E-state index in [0.29, 0.717) is 22.7 Å². The first-order valence-corrected chi connectivity index (χ1v) is 10.1. The highest BCUT2D eigenvalue weighted by molar-refractivity contribution is 7.94. The van der Waals surface area contributed by atoms with Gasteiger partial charge in [0.1, 0.15) is 11.5 Å². The highest BCUT2D eigenvalue weighted by Crippen LogP contribution is 2.36. The summed E-state index contributed by atoms with van der Waals surface area (Å²) < 4.78 is 34.6. The molecule has 7 heteroatoms. The van der Waals surface area contributed by atoms with Crippen LogP contribution in [0, 0.1) is 6.92 Å². The van der Waals surface area contributed by atoms with Gasteiger partial charge in [-0.1, -0.05) is 18.2 Å². The van der Waals surface area contributed by atoms with E-state index >= 15 is 0 Å². The Morgan fingerprint density at radius 1 is 1.11 bits per heavy atom.